The van der Waals surface area contributed by atoms with Crippen molar-refractivity contribution in [2.75, 3.05) is 19.7 Å². The molecule has 18 heavy (non-hydrogen) atoms. The number of rotatable bonds is 9. The maximum absolute atomic E-state index is 11.6. The van der Waals surface area contributed by atoms with E-state index in [9.17, 15) is 4.79 Å². The maximum Gasteiger partial charge on any atom is 0.325 e. The van der Waals surface area contributed by atoms with Crippen LogP contribution >= 0.6 is 0 Å². The van der Waals surface area contributed by atoms with Gasteiger partial charge in [-0.25, -0.2) is 0 Å². The lowest BCUT2D eigenvalue weighted by Gasteiger charge is -2.23. The Labute approximate surface area is 111 Å². The number of hydrogen-bond acceptors (Lipinski definition) is 4. The van der Waals surface area contributed by atoms with Crippen LogP contribution in [-0.4, -0.2) is 42.1 Å². The van der Waals surface area contributed by atoms with Gasteiger partial charge in [0.1, 0.15) is 5.54 Å². The second kappa shape index (κ2) is 7.10. The van der Waals surface area contributed by atoms with E-state index in [1.165, 1.54) is 12.8 Å². The smallest absolute Gasteiger partial charge is 0.325 e. The highest BCUT2D eigenvalue weighted by molar-refractivity contribution is 5.79. The Balaban J connectivity index is 2.17. The largest absolute Gasteiger partial charge is 0.465 e. The molecule has 1 unspecified atom stereocenters. The van der Waals surface area contributed by atoms with E-state index in [2.05, 4.69) is 11.8 Å². The number of nitrogens with two attached hydrogens (primary N) is 1. The predicted octanol–water partition coefficient (Wildman–Crippen LogP) is 1.92. The fraction of sp³-hybridized carbons (Fsp3) is 0.929. The van der Waals surface area contributed by atoms with Crippen LogP contribution in [0, 0.1) is 0 Å². The quantitative estimate of drug-likeness (QED) is 0.506. The molecule has 1 saturated carbocycles. The Bertz CT molecular complexity index is 263. The van der Waals surface area contributed by atoms with Gasteiger partial charge in [0.25, 0.3) is 0 Å². The minimum absolute atomic E-state index is 0.278. The summed E-state index contributed by atoms with van der Waals surface area (Å²) < 4.78 is 4.98. The fourth-order valence-corrected chi connectivity index (χ4v) is 2.24. The summed E-state index contributed by atoms with van der Waals surface area (Å²) in [7, 11) is 0. The SMILES string of the molecule is CCOC(=O)C(C)(N)CCCCN(CC)C1CC1. The molecular formula is C14H28N2O2. The molecule has 0 spiro atoms. The van der Waals surface area contributed by atoms with Crippen LogP contribution in [0.4, 0.5) is 0 Å². The number of nitrogens with zero attached hydrogens (tertiary/aromatic N) is 1. The zero-order valence-corrected chi connectivity index (χ0v) is 12.1. The second-order valence-electron chi connectivity index (χ2n) is 5.45. The molecule has 4 nitrogen and oxygen atoms in total. The Hall–Kier alpha value is -0.610. The average molecular weight is 256 g/mol. The summed E-state index contributed by atoms with van der Waals surface area (Å²) in [5.41, 5.74) is 5.15. The van der Waals surface area contributed by atoms with Gasteiger partial charge < -0.3 is 15.4 Å². The van der Waals surface area contributed by atoms with E-state index < -0.39 is 5.54 Å². The van der Waals surface area contributed by atoms with Gasteiger partial charge in [-0.1, -0.05) is 6.92 Å². The standard InChI is InChI=1S/C14H28N2O2/c1-4-16(12-8-9-12)11-7-6-10-14(3,15)13(17)18-5-2/h12H,4-11,15H2,1-3H3. The van der Waals surface area contributed by atoms with E-state index in [0.717, 1.165) is 32.0 Å². The lowest BCUT2D eigenvalue weighted by molar-refractivity contribution is -0.149. The molecule has 0 aromatic carbocycles. The third kappa shape index (κ3) is 4.94. The van der Waals surface area contributed by atoms with Gasteiger partial charge in [0.05, 0.1) is 6.61 Å². The highest BCUT2D eigenvalue weighted by Crippen LogP contribution is 2.26. The van der Waals surface area contributed by atoms with Crippen LogP contribution in [0.25, 0.3) is 0 Å². The molecule has 0 saturated heterocycles. The van der Waals surface area contributed by atoms with E-state index >= 15 is 0 Å². The van der Waals surface area contributed by atoms with Crippen LogP contribution in [0.3, 0.4) is 0 Å². The lowest BCUT2D eigenvalue weighted by Crippen LogP contribution is -2.46. The molecule has 1 fully saturated rings. The third-order valence-electron chi connectivity index (χ3n) is 3.60. The van der Waals surface area contributed by atoms with Crippen LogP contribution < -0.4 is 5.73 Å². The lowest BCUT2D eigenvalue weighted by atomic mass is 9.96. The number of ether oxygens (including phenoxy) is 1. The van der Waals surface area contributed by atoms with E-state index in [1.807, 2.05) is 6.92 Å². The van der Waals surface area contributed by atoms with Gasteiger partial charge >= 0.3 is 5.97 Å². The Kier molecular flexibility index (Phi) is 6.09. The van der Waals surface area contributed by atoms with Crippen molar-refractivity contribution in [3.8, 4) is 0 Å². The Morgan fingerprint density at radius 2 is 2.06 bits per heavy atom. The first-order valence-corrected chi connectivity index (χ1v) is 7.21. The van der Waals surface area contributed by atoms with Crippen molar-refractivity contribution in [1.82, 2.24) is 4.90 Å². The van der Waals surface area contributed by atoms with Crippen molar-refractivity contribution in [2.45, 2.75) is 64.5 Å². The van der Waals surface area contributed by atoms with E-state index in [-0.39, 0.29) is 5.97 Å². The first-order chi connectivity index (χ1) is 8.51. The molecule has 0 aliphatic heterocycles. The average Bonchev–Trinajstić information content (AvgIpc) is 3.13. The van der Waals surface area contributed by atoms with E-state index in [0.29, 0.717) is 13.0 Å². The monoisotopic (exact) mass is 256 g/mol. The van der Waals surface area contributed by atoms with Crippen LogP contribution in [0.5, 0.6) is 0 Å². The summed E-state index contributed by atoms with van der Waals surface area (Å²) in [5, 5.41) is 0. The molecule has 0 bridgehead atoms. The summed E-state index contributed by atoms with van der Waals surface area (Å²) in [6.45, 7) is 8.44. The van der Waals surface area contributed by atoms with Crippen molar-refractivity contribution in [3.63, 3.8) is 0 Å². The van der Waals surface area contributed by atoms with Gasteiger partial charge in [-0.15, -0.1) is 0 Å². The van der Waals surface area contributed by atoms with Crippen molar-refractivity contribution >= 4 is 5.97 Å². The first-order valence-electron chi connectivity index (χ1n) is 7.21. The normalized spacial score (nSPS) is 18.7. The molecular weight excluding hydrogens is 228 g/mol. The molecule has 1 atom stereocenters. The Morgan fingerprint density at radius 3 is 2.56 bits per heavy atom. The summed E-state index contributed by atoms with van der Waals surface area (Å²) >= 11 is 0. The number of unbranched alkanes of at least 4 members (excludes halogenated alkanes) is 1. The molecule has 0 radical (unpaired) electrons. The number of esters is 1. The highest BCUT2D eigenvalue weighted by Gasteiger charge is 2.30. The molecule has 106 valence electrons. The summed E-state index contributed by atoms with van der Waals surface area (Å²) in [6.07, 6.45) is 5.50. The van der Waals surface area contributed by atoms with Gasteiger partial charge in [-0.2, -0.15) is 0 Å². The van der Waals surface area contributed by atoms with Gasteiger partial charge in [0.15, 0.2) is 0 Å². The van der Waals surface area contributed by atoms with Crippen molar-refractivity contribution in [2.24, 2.45) is 5.73 Å². The molecule has 1 rings (SSSR count). The zero-order chi connectivity index (χ0) is 13.6. The van der Waals surface area contributed by atoms with Gasteiger partial charge in [-0.3, -0.25) is 4.79 Å². The minimum Gasteiger partial charge on any atom is -0.465 e. The molecule has 0 aromatic heterocycles. The molecule has 2 N–H and O–H groups in total. The zero-order valence-electron chi connectivity index (χ0n) is 12.1. The summed E-state index contributed by atoms with van der Waals surface area (Å²) in [4.78, 5) is 14.1. The van der Waals surface area contributed by atoms with Gasteiger partial charge in [-0.05, 0) is 59.0 Å². The van der Waals surface area contributed by atoms with E-state index in [1.54, 1.807) is 6.92 Å². The maximum atomic E-state index is 11.6. The third-order valence-corrected chi connectivity index (χ3v) is 3.60. The van der Waals surface area contributed by atoms with Crippen LogP contribution in [0.2, 0.25) is 0 Å². The van der Waals surface area contributed by atoms with Gasteiger partial charge in [0.2, 0.25) is 0 Å². The second-order valence-corrected chi connectivity index (χ2v) is 5.45. The number of carbonyl (C=O) groups is 1. The first kappa shape index (κ1) is 15.4. The summed E-state index contributed by atoms with van der Waals surface area (Å²) in [6, 6.07) is 0.823. The van der Waals surface area contributed by atoms with Crippen molar-refractivity contribution in [1.29, 1.82) is 0 Å². The van der Waals surface area contributed by atoms with Crippen LogP contribution in [0.15, 0.2) is 0 Å². The number of carbonyl (C=O) groups excluding carboxylic acids is 1. The molecule has 0 aromatic rings. The predicted molar refractivity (Wildman–Crippen MR) is 73.3 cm³/mol. The van der Waals surface area contributed by atoms with Crippen molar-refractivity contribution in [3.05, 3.63) is 0 Å². The molecule has 1 aliphatic rings. The van der Waals surface area contributed by atoms with Gasteiger partial charge in [0, 0.05) is 6.04 Å². The van der Waals surface area contributed by atoms with Crippen molar-refractivity contribution < 1.29 is 9.53 Å². The summed E-state index contributed by atoms with van der Waals surface area (Å²) in [5.74, 6) is -0.278. The Morgan fingerprint density at radius 1 is 1.39 bits per heavy atom. The van der Waals surface area contributed by atoms with E-state index in [4.69, 9.17) is 10.5 Å². The topological polar surface area (TPSA) is 55.6 Å². The minimum atomic E-state index is -0.827. The number of hydrogen-bond donors (Lipinski definition) is 1. The molecule has 0 amide bonds. The highest BCUT2D eigenvalue weighted by atomic mass is 16.5. The molecule has 4 heteroatoms. The molecule has 0 heterocycles. The van der Waals surface area contributed by atoms with Crippen LogP contribution in [0.1, 0.15) is 52.9 Å². The fourth-order valence-electron chi connectivity index (χ4n) is 2.24. The molecule has 1 aliphatic carbocycles. The van der Waals surface area contributed by atoms with Crippen LogP contribution in [-0.2, 0) is 9.53 Å².